The van der Waals surface area contributed by atoms with Crippen molar-refractivity contribution in [1.29, 1.82) is 0 Å². The molecule has 2 amide bonds. The van der Waals surface area contributed by atoms with Crippen molar-refractivity contribution >= 4 is 17.5 Å². The summed E-state index contributed by atoms with van der Waals surface area (Å²) >= 11 is 0. The zero-order valence-electron chi connectivity index (χ0n) is 21.6. The van der Waals surface area contributed by atoms with Crippen molar-refractivity contribution in [3.05, 3.63) is 40.6 Å². The van der Waals surface area contributed by atoms with E-state index < -0.39 is 40.9 Å². The van der Waals surface area contributed by atoms with Gasteiger partial charge in [-0.05, 0) is 80.8 Å². The highest BCUT2D eigenvalue weighted by molar-refractivity contribution is 5.93. The monoisotopic (exact) mass is 524 g/mol. The van der Waals surface area contributed by atoms with Crippen LogP contribution in [0.1, 0.15) is 71.3 Å². The number of carbonyl (C=O) groups excluding carboxylic acids is 2. The Labute approximate surface area is 213 Å². The van der Waals surface area contributed by atoms with E-state index in [1.807, 2.05) is 11.9 Å². The third kappa shape index (κ3) is 3.82. The van der Waals surface area contributed by atoms with Crippen molar-refractivity contribution in [2.45, 2.75) is 71.9 Å². The minimum Gasteiger partial charge on any atom is -0.323 e. The van der Waals surface area contributed by atoms with Gasteiger partial charge in [0.25, 0.3) is 0 Å². The summed E-state index contributed by atoms with van der Waals surface area (Å²) in [5.41, 5.74) is -0.341. The molecule has 202 valence electrons. The van der Waals surface area contributed by atoms with Gasteiger partial charge in [-0.3, -0.25) is 9.59 Å². The Hall–Kier alpha value is -2.45. The summed E-state index contributed by atoms with van der Waals surface area (Å²) in [5, 5.41) is 2.40. The smallest absolute Gasteiger partial charge is 0.323 e. The lowest BCUT2D eigenvalue weighted by Gasteiger charge is -2.59. The molecule has 3 fully saturated rings. The van der Waals surface area contributed by atoms with Crippen LogP contribution in [-0.2, 0) is 15.8 Å². The molecular formula is C28H33F5N2O2. The zero-order chi connectivity index (χ0) is 27.1. The Bertz CT molecular complexity index is 1190. The fourth-order valence-corrected chi connectivity index (χ4v) is 8.62. The van der Waals surface area contributed by atoms with Crippen LogP contribution in [0.15, 0.2) is 23.4 Å². The van der Waals surface area contributed by atoms with E-state index in [4.69, 9.17) is 0 Å². The van der Waals surface area contributed by atoms with Gasteiger partial charge in [0.1, 0.15) is 0 Å². The number of hydrogen-bond donors (Lipinski definition) is 1. The molecule has 0 aromatic heterocycles. The van der Waals surface area contributed by atoms with E-state index in [-0.39, 0.29) is 22.7 Å². The largest absolute Gasteiger partial charge is 0.419 e. The number of fused-ring (bicyclic) bond motifs is 5. The van der Waals surface area contributed by atoms with Crippen LogP contribution in [0.4, 0.5) is 27.6 Å². The molecule has 37 heavy (non-hydrogen) atoms. The molecule has 9 heteroatoms. The molecule has 5 rings (SSSR count). The van der Waals surface area contributed by atoms with Gasteiger partial charge in [-0.25, -0.2) is 8.78 Å². The van der Waals surface area contributed by atoms with E-state index in [2.05, 4.69) is 26.1 Å². The summed E-state index contributed by atoms with van der Waals surface area (Å²) in [6.07, 6.45) is 0.285. The van der Waals surface area contributed by atoms with Gasteiger partial charge in [0.2, 0.25) is 11.8 Å². The Morgan fingerprint density at radius 3 is 2.43 bits per heavy atom. The predicted molar refractivity (Wildman–Crippen MR) is 128 cm³/mol. The van der Waals surface area contributed by atoms with Crippen molar-refractivity contribution in [2.24, 2.45) is 34.5 Å². The lowest BCUT2D eigenvalue weighted by molar-refractivity contribution is -0.140. The maximum Gasteiger partial charge on any atom is 0.419 e. The number of likely N-dealkylation sites (tertiary alicyclic amines) is 1. The van der Waals surface area contributed by atoms with Crippen LogP contribution in [0, 0.1) is 46.1 Å². The summed E-state index contributed by atoms with van der Waals surface area (Å²) in [7, 11) is 1.87. The average Bonchev–Trinajstić information content (AvgIpc) is 3.16. The Morgan fingerprint density at radius 1 is 1.05 bits per heavy atom. The van der Waals surface area contributed by atoms with Gasteiger partial charge in [0, 0.05) is 30.5 Å². The first-order valence-electron chi connectivity index (χ1n) is 13.0. The minimum absolute atomic E-state index is 0.0990. The normalized spacial score (nSPS) is 35.7. The highest BCUT2D eigenvalue weighted by Gasteiger charge is 2.61. The molecule has 4 nitrogen and oxygen atoms in total. The van der Waals surface area contributed by atoms with Gasteiger partial charge in [-0.2, -0.15) is 13.2 Å². The van der Waals surface area contributed by atoms with Crippen molar-refractivity contribution < 1.29 is 31.5 Å². The number of piperidine rings is 1. The molecule has 1 aromatic carbocycles. The highest BCUT2D eigenvalue weighted by atomic mass is 19.4. The average molecular weight is 525 g/mol. The SMILES string of the molecule is CC1=C2N(C)C(=O)CC[C@]2(C)[C@@H]2CC[C@]3(C)C(C(=O)Nc4ccc(C(F)(F)F)c(F)c4F)CC[C@H]3[C@@H]2C1. The number of nitrogens with zero attached hydrogens (tertiary/aromatic N) is 1. The van der Waals surface area contributed by atoms with E-state index in [0.29, 0.717) is 30.7 Å². The summed E-state index contributed by atoms with van der Waals surface area (Å²) in [6, 6.07) is 1.24. The van der Waals surface area contributed by atoms with Crippen LogP contribution in [0.2, 0.25) is 0 Å². The topological polar surface area (TPSA) is 49.4 Å². The molecule has 1 saturated heterocycles. The standard InChI is InChI=1S/C28H33F5N2O2/c1-14-13-15-16-5-6-19(25(37)34-20-8-7-18(28(31,32)33)22(29)23(20)30)26(16,2)11-9-17(15)27(3)12-10-21(36)35(4)24(14)27/h7-8,15-17,19H,5-6,9-13H2,1-4H3,(H,34,37)/t15-,16-,17+,19?,26-,27+/m0/s1. The number of hydrogen-bond acceptors (Lipinski definition) is 2. The van der Waals surface area contributed by atoms with Crippen LogP contribution in [0.25, 0.3) is 0 Å². The molecule has 4 aliphatic rings. The molecule has 1 N–H and O–H groups in total. The number of anilines is 1. The fourth-order valence-electron chi connectivity index (χ4n) is 8.62. The van der Waals surface area contributed by atoms with Crippen molar-refractivity contribution in [1.82, 2.24) is 4.90 Å². The summed E-state index contributed by atoms with van der Waals surface area (Å²) in [5.74, 6) is -3.48. The molecule has 0 bridgehead atoms. The highest BCUT2D eigenvalue weighted by Crippen LogP contribution is 2.67. The van der Waals surface area contributed by atoms with Crippen molar-refractivity contribution in [2.75, 3.05) is 12.4 Å². The second-order valence-electron chi connectivity index (χ2n) is 12.0. The first-order chi connectivity index (χ1) is 17.2. The summed E-state index contributed by atoms with van der Waals surface area (Å²) in [6.45, 7) is 6.48. The first-order valence-corrected chi connectivity index (χ1v) is 13.0. The summed E-state index contributed by atoms with van der Waals surface area (Å²) < 4.78 is 67.3. The second kappa shape index (κ2) is 8.53. The van der Waals surface area contributed by atoms with Gasteiger partial charge < -0.3 is 10.2 Å². The van der Waals surface area contributed by atoms with Crippen LogP contribution in [-0.4, -0.2) is 23.8 Å². The van der Waals surface area contributed by atoms with E-state index in [1.165, 1.54) is 5.57 Å². The molecule has 3 aliphatic carbocycles. The van der Waals surface area contributed by atoms with E-state index in [9.17, 15) is 31.5 Å². The van der Waals surface area contributed by atoms with Gasteiger partial charge in [-0.15, -0.1) is 0 Å². The lowest BCUT2D eigenvalue weighted by Crippen LogP contribution is -2.54. The van der Waals surface area contributed by atoms with Crippen LogP contribution >= 0.6 is 0 Å². The molecular weight excluding hydrogens is 491 g/mol. The summed E-state index contributed by atoms with van der Waals surface area (Å²) in [4.78, 5) is 27.6. The van der Waals surface area contributed by atoms with Gasteiger partial charge in [-0.1, -0.05) is 19.4 Å². The number of rotatable bonds is 2. The molecule has 0 radical (unpaired) electrons. The Morgan fingerprint density at radius 2 is 1.76 bits per heavy atom. The fraction of sp³-hybridized carbons (Fsp3) is 0.643. The number of nitrogens with one attached hydrogen (secondary N) is 1. The number of alkyl halides is 3. The first kappa shape index (κ1) is 26.2. The minimum atomic E-state index is -5.03. The van der Waals surface area contributed by atoms with Gasteiger partial charge in [0.05, 0.1) is 11.3 Å². The predicted octanol–water partition coefficient (Wildman–Crippen LogP) is 6.92. The number of amides is 2. The van der Waals surface area contributed by atoms with Crippen molar-refractivity contribution in [3.63, 3.8) is 0 Å². The second-order valence-corrected chi connectivity index (χ2v) is 12.0. The Kier molecular flexibility index (Phi) is 6.03. The van der Waals surface area contributed by atoms with E-state index in [0.717, 1.165) is 43.9 Å². The van der Waals surface area contributed by atoms with Gasteiger partial charge in [0.15, 0.2) is 11.6 Å². The van der Waals surface area contributed by atoms with E-state index >= 15 is 0 Å². The van der Waals surface area contributed by atoms with E-state index in [1.54, 1.807) is 0 Å². The Balaban J connectivity index is 1.40. The van der Waals surface area contributed by atoms with Crippen LogP contribution in [0.5, 0.6) is 0 Å². The van der Waals surface area contributed by atoms with Crippen LogP contribution in [0.3, 0.4) is 0 Å². The number of carbonyl (C=O) groups is 2. The lowest BCUT2D eigenvalue weighted by atomic mass is 9.48. The number of allylic oxidation sites excluding steroid dienone is 2. The molecule has 0 spiro atoms. The molecule has 6 atom stereocenters. The number of benzene rings is 1. The molecule has 1 unspecified atom stereocenters. The number of halogens is 5. The maximum absolute atomic E-state index is 14.5. The third-order valence-electron chi connectivity index (χ3n) is 10.3. The van der Waals surface area contributed by atoms with Crippen molar-refractivity contribution in [3.8, 4) is 0 Å². The molecule has 1 heterocycles. The van der Waals surface area contributed by atoms with Crippen LogP contribution < -0.4 is 5.32 Å². The zero-order valence-corrected chi connectivity index (χ0v) is 21.6. The molecule has 1 aliphatic heterocycles. The third-order valence-corrected chi connectivity index (χ3v) is 10.3. The molecule has 2 saturated carbocycles. The van der Waals surface area contributed by atoms with Gasteiger partial charge >= 0.3 is 6.18 Å². The molecule has 1 aromatic rings. The quantitative estimate of drug-likeness (QED) is 0.427. The maximum atomic E-state index is 14.5.